The van der Waals surface area contributed by atoms with Crippen molar-refractivity contribution in [1.29, 1.82) is 0 Å². The van der Waals surface area contributed by atoms with Gasteiger partial charge in [-0.15, -0.1) is 0 Å². The molecular weight excluding hydrogens is 240 g/mol. The van der Waals surface area contributed by atoms with Crippen LogP contribution in [0.1, 0.15) is 25.7 Å². The Balaban J connectivity index is 2.22. The van der Waals surface area contributed by atoms with Gasteiger partial charge < -0.3 is 15.7 Å². The number of anilines is 2. The number of aromatic nitrogens is 2. The van der Waals surface area contributed by atoms with Crippen LogP contribution in [0.4, 0.5) is 11.8 Å². The standard InChI is InChI=1S/C11H17ClN4O/c1-13-10-14-6-8(12)9(15-10)16-11(7-17)4-2-3-5-11/h6,17H,2-5,7H2,1H3,(H2,13,14,15,16). The summed E-state index contributed by atoms with van der Waals surface area (Å²) in [5.74, 6) is 1.10. The summed E-state index contributed by atoms with van der Waals surface area (Å²) in [6.07, 6.45) is 5.69. The maximum atomic E-state index is 9.53. The first-order valence-corrected chi connectivity index (χ1v) is 6.16. The normalized spacial score (nSPS) is 18.1. The zero-order valence-corrected chi connectivity index (χ0v) is 10.6. The Kier molecular flexibility index (Phi) is 3.69. The molecule has 3 N–H and O–H groups in total. The van der Waals surface area contributed by atoms with Crippen LogP contribution in [0.25, 0.3) is 0 Å². The lowest BCUT2D eigenvalue weighted by molar-refractivity contribution is 0.214. The van der Waals surface area contributed by atoms with E-state index in [0.29, 0.717) is 16.8 Å². The molecule has 1 aromatic heterocycles. The van der Waals surface area contributed by atoms with E-state index in [9.17, 15) is 5.11 Å². The Morgan fingerprint density at radius 2 is 2.18 bits per heavy atom. The minimum atomic E-state index is -0.275. The summed E-state index contributed by atoms with van der Waals surface area (Å²) in [6, 6.07) is 0. The minimum absolute atomic E-state index is 0.0994. The zero-order chi connectivity index (χ0) is 12.3. The van der Waals surface area contributed by atoms with Gasteiger partial charge in [0.2, 0.25) is 5.95 Å². The summed E-state index contributed by atoms with van der Waals surface area (Å²) in [6.45, 7) is 0.0994. The van der Waals surface area contributed by atoms with Gasteiger partial charge in [-0.2, -0.15) is 4.98 Å². The lowest BCUT2D eigenvalue weighted by Gasteiger charge is -2.29. The molecule has 0 radical (unpaired) electrons. The molecule has 1 aliphatic rings. The first-order valence-electron chi connectivity index (χ1n) is 5.78. The number of hydrogen-bond donors (Lipinski definition) is 3. The molecule has 5 nitrogen and oxygen atoms in total. The van der Waals surface area contributed by atoms with Crippen LogP contribution in [0, 0.1) is 0 Å². The van der Waals surface area contributed by atoms with Crippen molar-refractivity contribution in [2.75, 3.05) is 24.3 Å². The number of nitrogens with one attached hydrogen (secondary N) is 2. The quantitative estimate of drug-likeness (QED) is 0.768. The van der Waals surface area contributed by atoms with Crippen molar-refractivity contribution in [2.45, 2.75) is 31.2 Å². The third-order valence-electron chi connectivity index (χ3n) is 3.21. The van der Waals surface area contributed by atoms with E-state index < -0.39 is 0 Å². The highest BCUT2D eigenvalue weighted by Gasteiger charge is 2.33. The molecule has 0 unspecified atom stereocenters. The van der Waals surface area contributed by atoms with E-state index in [0.717, 1.165) is 25.7 Å². The fourth-order valence-electron chi connectivity index (χ4n) is 2.20. The molecule has 1 aromatic rings. The Morgan fingerprint density at radius 1 is 1.47 bits per heavy atom. The van der Waals surface area contributed by atoms with E-state index in [-0.39, 0.29) is 12.1 Å². The van der Waals surface area contributed by atoms with Gasteiger partial charge in [0.25, 0.3) is 0 Å². The molecule has 1 saturated carbocycles. The first-order chi connectivity index (χ1) is 8.19. The number of aliphatic hydroxyl groups is 1. The van der Waals surface area contributed by atoms with E-state index in [1.807, 2.05) is 0 Å². The molecule has 0 atom stereocenters. The Hall–Kier alpha value is -1.07. The Morgan fingerprint density at radius 3 is 2.76 bits per heavy atom. The van der Waals surface area contributed by atoms with Crippen LogP contribution in [0.5, 0.6) is 0 Å². The second-order valence-corrected chi connectivity index (χ2v) is 4.82. The smallest absolute Gasteiger partial charge is 0.224 e. The molecular formula is C11H17ClN4O. The molecule has 0 amide bonds. The molecule has 0 spiro atoms. The van der Waals surface area contributed by atoms with E-state index in [4.69, 9.17) is 11.6 Å². The van der Waals surface area contributed by atoms with Crippen LogP contribution in [-0.4, -0.2) is 34.3 Å². The van der Waals surface area contributed by atoms with E-state index in [1.54, 1.807) is 13.2 Å². The monoisotopic (exact) mass is 256 g/mol. The van der Waals surface area contributed by atoms with Crippen LogP contribution >= 0.6 is 11.6 Å². The van der Waals surface area contributed by atoms with Crippen molar-refractivity contribution < 1.29 is 5.11 Å². The topological polar surface area (TPSA) is 70.1 Å². The van der Waals surface area contributed by atoms with E-state index >= 15 is 0 Å². The third-order valence-corrected chi connectivity index (χ3v) is 3.49. The van der Waals surface area contributed by atoms with Gasteiger partial charge in [0, 0.05) is 7.05 Å². The summed E-state index contributed by atoms with van der Waals surface area (Å²) < 4.78 is 0. The van der Waals surface area contributed by atoms with Crippen LogP contribution in [0.3, 0.4) is 0 Å². The van der Waals surface area contributed by atoms with Gasteiger partial charge in [-0.3, -0.25) is 0 Å². The highest BCUT2D eigenvalue weighted by atomic mass is 35.5. The summed E-state index contributed by atoms with van der Waals surface area (Å²) in [5, 5.41) is 16.1. The maximum absolute atomic E-state index is 9.53. The number of aliphatic hydroxyl groups excluding tert-OH is 1. The number of hydrogen-bond acceptors (Lipinski definition) is 5. The Labute approximate surface area is 106 Å². The van der Waals surface area contributed by atoms with Crippen LogP contribution < -0.4 is 10.6 Å². The fourth-order valence-corrected chi connectivity index (χ4v) is 2.34. The van der Waals surface area contributed by atoms with Crippen molar-refractivity contribution in [3.05, 3.63) is 11.2 Å². The van der Waals surface area contributed by atoms with Crippen LogP contribution in [-0.2, 0) is 0 Å². The largest absolute Gasteiger partial charge is 0.394 e. The zero-order valence-electron chi connectivity index (χ0n) is 9.83. The van der Waals surface area contributed by atoms with E-state index in [2.05, 4.69) is 20.6 Å². The highest BCUT2D eigenvalue weighted by Crippen LogP contribution is 2.34. The lowest BCUT2D eigenvalue weighted by atomic mass is 9.99. The summed E-state index contributed by atoms with van der Waals surface area (Å²) in [4.78, 5) is 8.29. The molecule has 2 rings (SSSR count). The summed E-state index contributed by atoms with van der Waals surface area (Å²) >= 11 is 6.05. The average molecular weight is 257 g/mol. The van der Waals surface area contributed by atoms with Crippen molar-refractivity contribution in [3.63, 3.8) is 0 Å². The molecule has 1 aliphatic carbocycles. The van der Waals surface area contributed by atoms with Crippen molar-refractivity contribution in [2.24, 2.45) is 0 Å². The van der Waals surface area contributed by atoms with Crippen molar-refractivity contribution in [3.8, 4) is 0 Å². The molecule has 1 heterocycles. The molecule has 0 aromatic carbocycles. The first kappa shape index (κ1) is 12.4. The van der Waals surface area contributed by atoms with Gasteiger partial charge in [0.05, 0.1) is 18.3 Å². The minimum Gasteiger partial charge on any atom is -0.394 e. The molecule has 1 fully saturated rings. The van der Waals surface area contributed by atoms with Crippen LogP contribution in [0.2, 0.25) is 5.02 Å². The summed E-state index contributed by atoms with van der Waals surface area (Å²) in [7, 11) is 1.75. The second kappa shape index (κ2) is 5.06. The van der Waals surface area contributed by atoms with Gasteiger partial charge in [-0.1, -0.05) is 24.4 Å². The molecule has 17 heavy (non-hydrogen) atoms. The Bertz CT molecular complexity index is 393. The van der Waals surface area contributed by atoms with Crippen LogP contribution in [0.15, 0.2) is 6.20 Å². The van der Waals surface area contributed by atoms with Gasteiger partial charge >= 0.3 is 0 Å². The van der Waals surface area contributed by atoms with Gasteiger partial charge in [-0.05, 0) is 12.8 Å². The van der Waals surface area contributed by atoms with Gasteiger partial charge in [0.15, 0.2) is 5.82 Å². The van der Waals surface area contributed by atoms with Crippen molar-refractivity contribution in [1.82, 2.24) is 9.97 Å². The highest BCUT2D eigenvalue weighted by molar-refractivity contribution is 6.32. The third kappa shape index (κ3) is 2.61. The molecule has 0 bridgehead atoms. The molecule has 6 heteroatoms. The number of rotatable bonds is 4. The average Bonchev–Trinajstić information content (AvgIpc) is 2.81. The van der Waals surface area contributed by atoms with E-state index in [1.165, 1.54) is 0 Å². The fraction of sp³-hybridized carbons (Fsp3) is 0.636. The predicted octanol–water partition coefficient (Wildman–Crippen LogP) is 1.89. The molecule has 0 saturated heterocycles. The number of nitrogens with zero attached hydrogens (tertiary/aromatic N) is 2. The second-order valence-electron chi connectivity index (χ2n) is 4.41. The van der Waals surface area contributed by atoms with Gasteiger partial charge in [0.1, 0.15) is 5.02 Å². The van der Waals surface area contributed by atoms with Crippen molar-refractivity contribution >= 4 is 23.4 Å². The lowest BCUT2D eigenvalue weighted by Crippen LogP contribution is -2.39. The molecule has 94 valence electrons. The number of halogens is 1. The van der Waals surface area contributed by atoms with Gasteiger partial charge in [-0.25, -0.2) is 4.98 Å². The maximum Gasteiger partial charge on any atom is 0.224 e. The predicted molar refractivity (Wildman–Crippen MR) is 68.5 cm³/mol. The SMILES string of the molecule is CNc1ncc(Cl)c(NC2(CO)CCCC2)n1. The molecule has 0 aliphatic heterocycles. The summed E-state index contributed by atoms with van der Waals surface area (Å²) in [5.41, 5.74) is -0.275.